The summed E-state index contributed by atoms with van der Waals surface area (Å²) in [6.07, 6.45) is 3.97. The highest BCUT2D eigenvalue weighted by molar-refractivity contribution is 6.31. The maximum atomic E-state index is 6.44. The summed E-state index contributed by atoms with van der Waals surface area (Å²) < 4.78 is 2.06. The highest BCUT2D eigenvalue weighted by atomic mass is 35.5. The third-order valence-electron chi connectivity index (χ3n) is 4.31. The Morgan fingerprint density at radius 3 is 2.38 bits per heavy atom. The van der Waals surface area contributed by atoms with Gasteiger partial charge in [-0.15, -0.1) is 0 Å². The summed E-state index contributed by atoms with van der Waals surface area (Å²) in [4.78, 5) is 0. The van der Waals surface area contributed by atoms with Crippen molar-refractivity contribution in [3.8, 4) is 0 Å². The molecule has 1 aromatic rings. The van der Waals surface area contributed by atoms with E-state index in [0.717, 1.165) is 30.1 Å². The Labute approximate surface area is 135 Å². The molecule has 2 atom stereocenters. The van der Waals surface area contributed by atoms with Gasteiger partial charge in [0.15, 0.2) is 0 Å². The van der Waals surface area contributed by atoms with E-state index in [1.54, 1.807) is 6.20 Å². The molecule has 0 aliphatic carbocycles. The van der Waals surface area contributed by atoms with Crippen LogP contribution < -0.4 is 5.32 Å². The molecule has 1 aromatic heterocycles. The molecule has 0 aliphatic rings. The zero-order valence-electron chi connectivity index (χ0n) is 14.7. The average Bonchev–Trinajstić information content (AvgIpc) is 2.75. The summed E-state index contributed by atoms with van der Waals surface area (Å²) >= 11 is 6.44. The van der Waals surface area contributed by atoms with Gasteiger partial charge in [0.05, 0.1) is 23.0 Å². The summed E-state index contributed by atoms with van der Waals surface area (Å²) in [5, 5.41) is 8.90. The minimum Gasteiger partial charge on any atom is -0.309 e. The molecule has 2 unspecified atom stereocenters. The minimum absolute atomic E-state index is 0.261. The van der Waals surface area contributed by atoms with Gasteiger partial charge in [0.1, 0.15) is 0 Å². The van der Waals surface area contributed by atoms with Crippen LogP contribution in [0.25, 0.3) is 0 Å². The molecule has 21 heavy (non-hydrogen) atoms. The van der Waals surface area contributed by atoms with Crippen molar-refractivity contribution in [2.75, 3.05) is 6.54 Å². The van der Waals surface area contributed by atoms with E-state index < -0.39 is 0 Å². The van der Waals surface area contributed by atoms with E-state index in [2.05, 4.69) is 63.6 Å². The first-order chi connectivity index (χ1) is 9.68. The predicted molar refractivity (Wildman–Crippen MR) is 91.9 cm³/mol. The Hall–Kier alpha value is -0.540. The molecule has 1 N–H and O–H groups in total. The van der Waals surface area contributed by atoms with Crippen LogP contribution in [0.1, 0.15) is 79.1 Å². The summed E-state index contributed by atoms with van der Waals surface area (Å²) in [7, 11) is 0. The zero-order chi connectivity index (χ0) is 16.2. The van der Waals surface area contributed by atoms with Crippen LogP contribution in [0.3, 0.4) is 0 Å². The molecule has 0 aliphatic heterocycles. The first-order valence-corrected chi connectivity index (χ1v) is 8.52. The van der Waals surface area contributed by atoms with Crippen LogP contribution in [0.4, 0.5) is 0 Å². The van der Waals surface area contributed by atoms with Gasteiger partial charge in [-0.1, -0.05) is 46.2 Å². The maximum Gasteiger partial charge on any atom is 0.0834 e. The standard InChI is InChI=1S/C17H32ClN3/c1-8-9-19-15(10-13(4)17(5,6)7)16-14(18)11-20-21(16)12(2)3/h11-13,15,19H,8-10H2,1-7H3. The quantitative estimate of drug-likeness (QED) is 0.747. The minimum atomic E-state index is 0.261. The molecule has 122 valence electrons. The maximum absolute atomic E-state index is 6.44. The highest BCUT2D eigenvalue weighted by Crippen LogP contribution is 2.36. The Morgan fingerprint density at radius 2 is 1.90 bits per heavy atom. The van der Waals surface area contributed by atoms with E-state index in [1.165, 1.54) is 0 Å². The molecule has 1 heterocycles. The normalized spacial score (nSPS) is 15.5. The SMILES string of the molecule is CCCNC(CC(C)C(C)(C)C)c1c(Cl)cnn1C(C)C. The summed E-state index contributed by atoms with van der Waals surface area (Å²) in [5.74, 6) is 0.596. The Balaban J connectivity index is 3.05. The number of rotatable bonds is 7. The Morgan fingerprint density at radius 1 is 1.29 bits per heavy atom. The second-order valence-corrected chi connectivity index (χ2v) is 7.83. The average molecular weight is 314 g/mol. The lowest BCUT2D eigenvalue weighted by molar-refractivity contribution is 0.219. The van der Waals surface area contributed by atoms with E-state index in [1.807, 2.05) is 0 Å². The van der Waals surface area contributed by atoms with Crippen LogP contribution in [0.15, 0.2) is 6.20 Å². The van der Waals surface area contributed by atoms with Crippen molar-refractivity contribution < 1.29 is 0 Å². The lowest BCUT2D eigenvalue weighted by atomic mass is 9.78. The Bertz CT molecular complexity index is 432. The van der Waals surface area contributed by atoms with Crippen molar-refractivity contribution in [2.24, 2.45) is 11.3 Å². The smallest absolute Gasteiger partial charge is 0.0834 e. The molecule has 4 heteroatoms. The fourth-order valence-electron chi connectivity index (χ4n) is 2.41. The fourth-order valence-corrected chi connectivity index (χ4v) is 2.67. The molecule has 0 aromatic carbocycles. The van der Waals surface area contributed by atoms with Crippen molar-refractivity contribution in [1.82, 2.24) is 15.1 Å². The van der Waals surface area contributed by atoms with Crippen LogP contribution in [0.5, 0.6) is 0 Å². The van der Waals surface area contributed by atoms with Gasteiger partial charge in [0.25, 0.3) is 0 Å². The molecule has 3 nitrogen and oxygen atoms in total. The number of nitrogens with zero attached hydrogens (tertiary/aromatic N) is 2. The van der Waals surface area contributed by atoms with Crippen molar-refractivity contribution in [3.63, 3.8) is 0 Å². The van der Waals surface area contributed by atoms with E-state index >= 15 is 0 Å². The van der Waals surface area contributed by atoms with Crippen LogP contribution in [0, 0.1) is 11.3 Å². The van der Waals surface area contributed by atoms with Crippen molar-refractivity contribution in [3.05, 3.63) is 16.9 Å². The third-order valence-corrected chi connectivity index (χ3v) is 4.61. The number of nitrogens with one attached hydrogen (secondary N) is 1. The van der Waals surface area contributed by atoms with Crippen molar-refractivity contribution in [2.45, 2.75) is 73.4 Å². The second-order valence-electron chi connectivity index (χ2n) is 7.43. The zero-order valence-corrected chi connectivity index (χ0v) is 15.5. The third kappa shape index (κ3) is 5.00. The number of aromatic nitrogens is 2. The van der Waals surface area contributed by atoms with Crippen LogP contribution in [0.2, 0.25) is 5.02 Å². The molecule has 0 bridgehead atoms. The van der Waals surface area contributed by atoms with Gasteiger partial charge >= 0.3 is 0 Å². The monoisotopic (exact) mass is 313 g/mol. The largest absolute Gasteiger partial charge is 0.309 e. The molecule has 1 rings (SSSR count). The summed E-state index contributed by atoms with van der Waals surface area (Å²) in [6, 6.07) is 0.583. The Kier molecular flexibility index (Phi) is 6.73. The van der Waals surface area contributed by atoms with Gasteiger partial charge in [-0.05, 0) is 44.6 Å². The van der Waals surface area contributed by atoms with Crippen LogP contribution >= 0.6 is 11.6 Å². The second kappa shape index (κ2) is 7.64. The van der Waals surface area contributed by atoms with Gasteiger partial charge in [0, 0.05) is 6.04 Å². The van der Waals surface area contributed by atoms with Crippen LogP contribution in [-0.4, -0.2) is 16.3 Å². The summed E-state index contributed by atoms with van der Waals surface area (Å²) in [6.45, 7) is 16.7. The van der Waals surface area contributed by atoms with Crippen molar-refractivity contribution >= 4 is 11.6 Å². The molecule has 0 spiro atoms. The van der Waals surface area contributed by atoms with E-state index in [9.17, 15) is 0 Å². The van der Waals surface area contributed by atoms with E-state index in [0.29, 0.717) is 17.4 Å². The van der Waals surface area contributed by atoms with Gasteiger partial charge in [0.2, 0.25) is 0 Å². The molecule has 0 radical (unpaired) electrons. The van der Waals surface area contributed by atoms with Gasteiger partial charge in [-0.3, -0.25) is 4.68 Å². The first kappa shape index (κ1) is 18.5. The molecule has 0 saturated carbocycles. The van der Waals surface area contributed by atoms with Crippen molar-refractivity contribution in [1.29, 1.82) is 0 Å². The van der Waals surface area contributed by atoms with E-state index in [-0.39, 0.29) is 6.04 Å². The fraction of sp³-hybridized carbons (Fsp3) is 0.824. The molecular weight excluding hydrogens is 282 g/mol. The molecular formula is C17H32ClN3. The van der Waals surface area contributed by atoms with Gasteiger partial charge in [-0.25, -0.2) is 0 Å². The van der Waals surface area contributed by atoms with Crippen LogP contribution in [-0.2, 0) is 0 Å². The lowest BCUT2D eigenvalue weighted by Crippen LogP contribution is -2.30. The molecule has 0 fully saturated rings. The predicted octanol–water partition coefficient (Wildman–Crippen LogP) is 5.23. The number of halogens is 1. The summed E-state index contributed by atoms with van der Waals surface area (Å²) in [5.41, 5.74) is 1.43. The molecule has 0 amide bonds. The molecule has 0 saturated heterocycles. The number of hydrogen-bond acceptors (Lipinski definition) is 2. The first-order valence-electron chi connectivity index (χ1n) is 8.14. The van der Waals surface area contributed by atoms with Gasteiger partial charge < -0.3 is 5.32 Å². The number of hydrogen-bond donors (Lipinski definition) is 1. The topological polar surface area (TPSA) is 29.9 Å². The lowest BCUT2D eigenvalue weighted by Gasteiger charge is -2.32. The van der Waals surface area contributed by atoms with Gasteiger partial charge in [-0.2, -0.15) is 5.10 Å². The van der Waals surface area contributed by atoms with E-state index in [4.69, 9.17) is 11.6 Å². The highest BCUT2D eigenvalue weighted by Gasteiger charge is 2.28.